The first-order valence-corrected chi connectivity index (χ1v) is 20.0. The number of guanidine groups is 1. The van der Waals surface area contributed by atoms with E-state index < -0.39 is 77.6 Å². The van der Waals surface area contributed by atoms with Crippen LogP contribution in [0.5, 0.6) is 0 Å². The second-order valence-corrected chi connectivity index (χ2v) is 15.2. The SMILES string of the molecule is CC(=O)N[C@@H](Cc1ccccc1)C(=O)N[C@H]1CCCNC(=O)[C@H](CCCN=C(N)N)NC(=O)[C@H](C)NC(=O)[C@@H](CC2CCCCC2)NC(=O)[C@@H]2CCCN2C1=O. The minimum Gasteiger partial charge on any atom is -0.370 e. The Bertz CT molecular complexity index is 1560. The largest absolute Gasteiger partial charge is 0.370 e. The van der Waals surface area contributed by atoms with E-state index in [2.05, 4.69) is 36.9 Å². The Hall–Kier alpha value is -5.22. The number of nitrogens with zero attached hydrogens (tertiary/aromatic N) is 2. The van der Waals surface area contributed by atoms with Crippen molar-refractivity contribution in [3.63, 3.8) is 0 Å². The molecule has 0 bridgehead atoms. The average molecular weight is 781 g/mol. The molecule has 1 aliphatic carbocycles. The summed E-state index contributed by atoms with van der Waals surface area (Å²) in [6, 6.07) is 3.18. The van der Waals surface area contributed by atoms with Gasteiger partial charge in [-0.2, -0.15) is 0 Å². The predicted octanol–water partition coefficient (Wildman–Crippen LogP) is -0.382. The summed E-state index contributed by atoms with van der Waals surface area (Å²) in [6.45, 7) is 3.40. The number of carbonyl (C=O) groups excluding carboxylic acids is 7. The molecule has 0 spiro atoms. The lowest BCUT2D eigenvalue weighted by molar-refractivity contribution is -0.142. The summed E-state index contributed by atoms with van der Waals surface area (Å²) >= 11 is 0. The zero-order valence-corrected chi connectivity index (χ0v) is 32.6. The number of benzene rings is 1. The molecule has 2 aliphatic heterocycles. The number of nitrogens with two attached hydrogens (primary N) is 2. The van der Waals surface area contributed by atoms with E-state index in [4.69, 9.17) is 11.5 Å². The molecule has 2 heterocycles. The lowest BCUT2D eigenvalue weighted by Gasteiger charge is -2.32. The van der Waals surface area contributed by atoms with Crippen LogP contribution in [0.15, 0.2) is 35.3 Å². The second kappa shape index (κ2) is 21.8. The van der Waals surface area contributed by atoms with E-state index >= 15 is 0 Å². The molecular weight excluding hydrogens is 720 g/mol. The van der Waals surface area contributed by atoms with Gasteiger partial charge in [-0.3, -0.25) is 38.6 Å². The third kappa shape index (κ3) is 13.5. The Labute approximate surface area is 328 Å². The Kier molecular flexibility index (Phi) is 16.9. The van der Waals surface area contributed by atoms with E-state index in [1.807, 2.05) is 30.3 Å². The topological polar surface area (TPSA) is 259 Å². The van der Waals surface area contributed by atoms with Gasteiger partial charge in [-0.25, -0.2) is 0 Å². The van der Waals surface area contributed by atoms with Crippen LogP contribution in [-0.4, -0.2) is 108 Å². The molecule has 56 heavy (non-hydrogen) atoms. The van der Waals surface area contributed by atoms with Gasteiger partial charge in [0.25, 0.3) is 0 Å². The standard InChI is InChI=1S/C39H60N10O7/c1-24-33(51)46-28(16-9-20-43-39(40)41)34(52)42-19-10-17-29(47-36(54)30(45-25(2)50)22-26-12-5-3-6-13-26)38(56)49-21-11-18-32(49)37(55)48-31(35(53)44-24)23-27-14-7-4-8-15-27/h3,5-6,12-13,24,27-32H,4,7-11,14-23H2,1-2H3,(H,42,52)(H,44,53)(H,45,50)(H,46,51)(H,47,54)(H,48,55)(H4,40,41,43)/t24-,28-,29-,30-,31+,32-/m0/s1. The zero-order chi connectivity index (χ0) is 40.6. The van der Waals surface area contributed by atoms with Gasteiger partial charge in [-0.1, -0.05) is 62.4 Å². The maximum absolute atomic E-state index is 14.4. The molecule has 0 unspecified atom stereocenters. The van der Waals surface area contributed by atoms with Gasteiger partial charge in [-0.05, 0) is 63.4 Å². The fraction of sp³-hybridized carbons (Fsp3) is 0.641. The molecule has 6 atom stereocenters. The van der Waals surface area contributed by atoms with Gasteiger partial charge in [0.15, 0.2) is 5.96 Å². The van der Waals surface area contributed by atoms with Gasteiger partial charge in [0.05, 0.1) is 0 Å². The number of hydrogen-bond donors (Lipinski definition) is 8. The molecule has 0 aromatic heterocycles. The minimum atomic E-state index is -1.10. The van der Waals surface area contributed by atoms with Gasteiger partial charge in [0, 0.05) is 33.0 Å². The predicted molar refractivity (Wildman–Crippen MR) is 209 cm³/mol. The molecule has 10 N–H and O–H groups in total. The van der Waals surface area contributed by atoms with E-state index in [1.54, 1.807) is 0 Å². The monoisotopic (exact) mass is 780 g/mol. The number of fused-ring (bicyclic) bond motifs is 1. The van der Waals surface area contributed by atoms with Crippen LogP contribution in [0.1, 0.15) is 96.5 Å². The number of aliphatic imine (C=N–C) groups is 1. The Balaban J connectivity index is 1.62. The van der Waals surface area contributed by atoms with Crippen molar-refractivity contribution in [2.24, 2.45) is 22.4 Å². The minimum absolute atomic E-state index is 0.0942. The van der Waals surface area contributed by atoms with Crippen molar-refractivity contribution in [3.8, 4) is 0 Å². The lowest BCUT2D eigenvalue weighted by Crippen LogP contribution is -2.59. The second-order valence-electron chi connectivity index (χ2n) is 15.2. The van der Waals surface area contributed by atoms with Crippen molar-refractivity contribution in [1.29, 1.82) is 0 Å². The van der Waals surface area contributed by atoms with Crippen molar-refractivity contribution in [2.75, 3.05) is 19.6 Å². The fourth-order valence-corrected chi connectivity index (χ4v) is 7.68. The number of nitrogens with one attached hydrogen (secondary N) is 6. The molecule has 3 aliphatic rings. The first-order valence-electron chi connectivity index (χ1n) is 20.0. The van der Waals surface area contributed by atoms with Gasteiger partial charge in [0.1, 0.15) is 36.3 Å². The Morgan fingerprint density at radius 2 is 1.57 bits per heavy atom. The molecule has 2 saturated heterocycles. The smallest absolute Gasteiger partial charge is 0.245 e. The first kappa shape index (κ1) is 43.5. The van der Waals surface area contributed by atoms with Crippen molar-refractivity contribution >= 4 is 47.3 Å². The zero-order valence-electron chi connectivity index (χ0n) is 32.6. The molecule has 17 heteroatoms. The Morgan fingerprint density at radius 1 is 0.857 bits per heavy atom. The van der Waals surface area contributed by atoms with Gasteiger partial charge < -0.3 is 48.3 Å². The summed E-state index contributed by atoms with van der Waals surface area (Å²) in [5.41, 5.74) is 11.7. The molecule has 0 radical (unpaired) electrons. The highest BCUT2D eigenvalue weighted by atomic mass is 16.2. The normalized spacial score (nSPS) is 25.2. The van der Waals surface area contributed by atoms with Crippen molar-refractivity contribution in [3.05, 3.63) is 35.9 Å². The summed E-state index contributed by atoms with van der Waals surface area (Å²) in [4.78, 5) is 100. The van der Waals surface area contributed by atoms with Gasteiger partial charge in [-0.15, -0.1) is 0 Å². The van der Waals surface area contributed by atoms with Crippen molar-refractivity contribution in [1.82, 2.24) is 36.8 Å². The summed E-state index contributed by atoms with van der Waals surface area (Å²) in [5.74, 6) is -3.46. The maximum atomic E-state index is 14.4. The highest BCUT2D eigenvalue weighted by molar-refractivity contribution is 5.97. The van der Waals surface area contributed by atoms with Crippen LogP contribution in [0, 0.1) is 5.92 Å². The summed E-state index contributed by atoms with van der Waals surface area (Å²) in [6.07, 6.45) is 7.30. The number of amides is 7. The molecule has 1 aromatic rings. The molecule has 7 amide bonds. The molecule has 308 valence electrons. The first-order chi connectivity index (χ1) is 26.8. The number of rotatable bonds is 11. The van der Waals surface area contributed by atoms with Crippen LogP contribution in [0.25, 0.3) is 0 Å². The van der Waals surface area contributed by atoms with Gasteiger partial charge in [0.2, 0.25) is 41.4 Å². The van der Waals surface area contributed by atoms with E-state index in [0.717, 1.165) is 37.7 Å². The highest BCUT2D eigenvalue weighted by Gasteiger charge is 2.40. The van der Waals surface area contributed by atoms with Crippen LogP contribution in [0.4, 0.5) is 0 Å². The average Bonchev–Trinajstić information content (AvgIpc) is 3.67. The van der Waals surface area contributed by atoms with Crippen LogP contribution >= 0.6 is 0 Å². The van der Waals surface area contributed by atoms with Crippen LogP contribution in [0.2, 0.25) is 0 Å². The van der Waals surface area contributed by atoms with Gasteiger partial charge >= 0.3 is 0 Å². The van der Waals surface area contributed by atoms with Crippen LogP contribution < -0.4 is 43.4 Å². The molecule has 17 nitrogen and oxygen atoms in total. The summed E-state index contributed by atoms with van der Waals surface area (Å²) in [7, 11) is 0. The maximum Gasteiger partial charge on any atom is 0.245 e. The number of carbonyl (C=O) groups is 7. The van der Waals surface area contributed by atoms with Crippen molar-refractivity contribution in [2.45, 2.75) is 134 Å². The molecule has 1 aromatic carbocycles. The fourth-order valence-electron chi connectivity index (χ4n) is 7.68. The molecule has 4 rings (SSSR count). The van der Waals surface area contributed by atoms with Crippen LogP contribution in [0.3, 0.4) is 0 Å². The van der Waals surface area contributed by atoms with Crippen molar-refractivity contribution < 1.29 is 33.6 Å². The highest BCUT2D eigenvalue weighted by Crippen LogP contribution is 2.28. The van der Waals surface area contributed by atoms with Crippen LogP contribution in [-0.2, 0) is 40.0 Å². The summed E-state index contributed by atoms with van der Waals surface area (Å²) in [5, 5.41) is 16.8. The molecular formula is C39H60N10O7. The lowest BCUT2D eigenvalue weighted by atomic mass is 9.84. The summed E-state index contributed by atoms with van der Waals surface area (Å²) < 4.78 is 0. The third-order valence-electron chi connectivity index (χ3n) is 10.7. The van der Waals surface area contributed by atoms with E-state index in [0.29, 0.717) is 25.7 Å². The van der Waals surface area contributed by atoms with E-state index in [1.165, 1.54) is 18.7 Å². The van der Waals surface area contributed by atoms with E-state index in [-0.39, 0.29) is 57.2 Å². The molecule has 3 fully saturated rings. The van der Waals surface area contributed by atoms with E-state index in [9.17, 15) is 33.6 Å². The number of hydrogen-bond acceptors (Lipinski definition) is 8. The molecule has 1 saturated carbocycles. The Morgan fingerprint density at radius 3 is 2.27 bits per heavy atom. The quantitative estimate of drug-likeness (QED) is 0.0826. The third-order valence-corrected chi connectivity index (χ3v) is 10.7.